The van der Waals surface area contributed by atoms with Crippen LogP contribution in [0, 0.1) is 6.92 Å². The summed E-state index contributed by atoms with van der Waals surface area (Å²) < 4.78 is 5.77. The van der Waals surface area contributed by atoms with Crippen molar-refractivity contribution in [1.29, 1.82) is 0 Å². The zero-order valence-corrected chi connectivity index (χ0v) is 13.8. The molecule has 0 radical (unpaired) electrons. The molecule has 0 aromatic carbocycles. The fraction of sp³-hybridized carbons (Fsp3) is 0.706. The second kappa shape index (κ2) is 8.25. The van der Waals surface area contributed by atoms with Crippen LogP contribution in [-0.4, -0.2) is 17.1 Å². The topological polar surface area (TPSA) is 34.1 Å². The van der Waals surface area contributed by atoms with E-state index in [1.165, 1.54) is 24.8 Å². The minimum atomic E-state index is 0.123. The van der Waals surface area contributed by atoms with Gasteiger partial charge in [-0.05, 0) is 45.7 Å². The molecule has 0 unspecified atom stereocenters. The van der Waals surface area contributed by atoms with Gasteiger partial charge in [-0.15, -0.1) is 0 Å². The van der Waals surface area contributed by atoms with Crippen LogP contribution >= 0.6 is 0 Å². The highest BCUT2D eigenvalue weighted by Gasteiger charge is 2.09. The summed E-state index contributed by atoms with van der Waals surface area (Å²) in [7, 11) is 0. The molecule has 1 heterocycles. The van der Waals surface area contributed by atoms with Crippen LogP contribution in [0.25, 0.3) is 0 Å². The van der Waals surface area contributed by atoms with E-state index in [0.29, 0.717) is 0 Å². The maximum Gasteiger partial charge on any atom is 0.213 e. The van der Waals surface area contributed by atoms with Gasteiger partial charge in [0.2, 0.25) is 5.88 Å². The molecule has 1 aromatic heterocycles. The maximum absolute atomic E-state index is 5.77. The average Bonchev–Trinajstić information content (AvgIpc) is 2.35. The summed E-state index contributed by atoms with van der Waals surface area (Å²) in [5.41, 5.74) is 2.37. The van der Waals surface area contributed by atoms with E-state index in [9.17, 15) is 0 Å². The Morgan fingerprint density at radius 2 is 1.90 bits per heavy atom. The second-order valence-corrected chi connectivity index (χ2v) is 6.47. The van der Waals surface area contributed by atoms with E-state index in [1.807, 2.05) is 13.0 Å². The fourth-order valence-electron chi connectivity index (χ4n) is 1.96. The largest absolute Gasteiger partial charge is 0.478 e. The number of pyridine rings is 1. The Morgan fingerprint density at radius 3 is 2.55 bits per heavy atom. The standard InChI is InChI=1S/C17H30N2O/c1-6-7-8-9-10-20-16-12-15(11-14(2)19-16)13-18-17(3,4)5/h11-12,18H,6-10,13H2,1-5H3. The van der Waals surface area contributed by atoms with Gasteiger partial charge in [0.1, 0.15) is 0 Å². The van der Waals surface area contributed by atoms with Crippen molar-refractivity contribution in [1.82, 2.24) is 10.3 Å². The van der Waals surface area contributed by atoms with E-state index >= 15 is 0 Å². The lowest BCUT2D eigenvalue weighted by atomic mass is 10.1. The molecule has 1 rings (SSSR count). The molecule has 3 nitrogen and oxygen atoms in total. The number of nitrogens with zero attached hydrogens (tertiary/aromatic N) is 1. The quantitative estimate of drug-likeness (QED) is 0.722. The molecule has 0 fully saturated rings. The van der Waals surface area contributed by atoms with Crippen LogP contribution in [0.2, 0.25) is 0 Å². The number of hydrogen-bond donors (Lipinski definition) is 1. The molecule has 0 bridgehead atoms. The Bertz CT molecular complexity index is 396. The lowest BCUT2D eigenvalue weighted by molar-refractivity contribution is 0.292. The van der Waals surface area contributed by atoms with Crippen LogP contribution in [0.4, 0.5) is 0 Å². The molecule has 114 valence electrons. The first-order valence-corrected chi connectivity index (χ1v) is 7.76. The first-order chi connectivity index (χ1) is 9.40. The molecule has 20 heavy (non-hydrogen) atoms. The molecule has 0 spiro atoms. The van der Waals surface area contributed by atoms with Gasteiger partial charge in [0, 0.05) is 23.8 Å². The highest BCUT2D eigenvalue weighted by atomic mass is 16.5. The summed E-state index contributed by atoms with van der Waals surface area (Å²) >= 11 is 0. The summed E-state index contributed by atoms with van der Waals surface area (Å²) in [4.78, 5) is 4.45. The summed E-state index contributed by atoms with van der Waals surface area (Å²) in [6.45, 7) is 12.4. The Kier molecular flexibility index (Phi) is 7.00. The molecule has 0 saturated carbocycles. The fourth-order valence-corrected chi connectivity index (χ4v) is 1.96. The highest BCUT2D eigenvalue weighted by Crippen LogP contribution is 2.14. The van der Waals surface area contributed by atoms with Crippen molar-refractivity contribution < 1.29 is 4.74 Å². The van der Waals surface area contributed by atoms with Gasteiger partial charge < -0.3 is 10.1 Å². The monoisotopic (exact) mass is 278 g/mol. The number of aromatic nitrogens is 1. The van der Waals surface area contributed by atoms with Crippen molar-refractivity contribution in [3.63, 3.8) is 0 Å². The van der Waals surface area contributed by atoms with Gasteiger partial charge in [0.05, 0.1) is 6.61 Å². The van der Waals surface area contributed by atoms with E-state index in [-0.39, 0.29) is 5.54 Å². The average molecular weight is 278 g/mol. The van der Waals surface area contributed by atoms with Gasteiger partial charge in [0.15, 0.2) is 0 Å². The SMILES string of the molecule is CCCCCCOc1cc(CNC(C)(C)C)cc(C)n1. The molecule has 0 aliphatic heterocycles. The van der Waals surface area contributed by atoms with Crippen molar-refractivity contribution in [3.8, 4) is 5.88 Å². The smallest absolute Gasteiger partial charge is 0.213 e. The lowest BCUT2D eigenvalue weighted by Gasteiger charge is -2.20. The summed E-state index contributed by atoms with van der Waals surface area (Å²) in [5.74, 6) is 0.757. The van der Waals surface area contributed by atoms with Gasteiger partial charge in [-0.25, -0.2) is 4.98 Å². The summed E-state index contributed by atoms with van der Waals surface area (Å²) in [6, 6.07) is 4.16. The van der Waals surface area contributed by atoms with E-state index in [1.54, 1.807) is 0 Å². The molecule has 1 aromatic rings. The van der Waals surface area contributed by atoms with Crippen LogP contribution in [-0.2, 0) is 6.54 Å². The number of nitrogens with one attached hydrogen (secondary N) is 1. The first kappa shape index (κ1) is 17.0. The van der Waals surface area contributed by atoms with Crippen molar-refractivity contribution in [2.45, 2.75) is 72.4 Å². The molecule has 0 aliphatic rings. The zero-order valence-electron chi connectivity index (χ0n) is 13.8. The predicted octanol–water partition coefficient (Wildman–Crippen LogP) is 4.24. The van der Waals surface area contributed by atoms with Crippen LogP contribution < -0.4 is 10.1 Å². The van der Waals surface area contributed by atoms with E-state index in [0.717, 1.165) is 31.1 Å². The van der Waals surface area contributed by atoms with Crippen molar-refractivity contribution in [3.05, 3.63) is 23.4 Å². The number of ether oxygens (including phenoxy) is 1. The van der Waals surface area contributed by atoms with Gasteiger partial charge in [-0.2, -0.15) is 0 Å². The summed E-state index contributed by atoms with van der Waals surface area (Å²) in [6.07, 6.45) is 4.89. The van der Waals surface area contributed by atoms with Gasteiger partial charge >= 0.3 is 0 Å². The van der Waals surface area contributed by atoms with Crippen molar-refractivity contribution >= 4 is 0 Å². The number of unbranched alkanes of at least 4 members (excludes halogenated alkanes) is 3. The van der Waals surface area contributed by atoms with Crippen molar-refractivity contribution in [2.75, 3.05) is 6.61 Å². The van der Waals surface area contributed by atoms with Crippen LogP contribution in [0.1, 0.15) is 64.6 Å². The molecule has 1 N–H and O–H groups in total. The lowest BCUT2D eigenvalue weighted by Crippen LogP contribution is -2.35. The number of hydrogen-bond acceptors (Lipinski definition) is 3. The number of rotatable bonds is 8. The van der Waals surface area contributed by atoms with Gasteiger partial charge in [0.25, 0.3) is 0 Å². The molecular formula is C17H30N2O. The Balaban J connectivity index is 2.49. The van der Waals surface area contributed by atoms with E-state index in [2.05, 4.69) is 44.1 Å². The van der Waals surface area contributed by atoms with Gasteiger partial charge in [-0.3, -0.25) is 0 Å². The molecule has 0 atom stereocenters. The Morgan fingerprint density at radius 1 is 1.15 bits per heavy atom. The summed E-state index contributed by atoms with van der Waals surface area (Å²) in [5, 5.41) is 3.49. The van der Waals surface area contributed by atoms with E-state index < -0.39 is 0 Å². The first-order valence-electron chi connectivity index (χ1n) is 7.76. The minimum Gasteiger partial charge on any atom is -0.478 e. The van der Waals surface area contributed by atoms with Crippen LogP contribution in [0.15, 0.2) is 12.1 Å². The minimum absolute atomic E-state index is 0.123. The second-order valence-electron chi connectivity index (χ2n) is 6.47. The molecule has 0 amide bonds. The van der Waals surface area contributed by atoms with E-state index in [4.69, 9.17) is 4.74 Å². The molecule has 0 saturated heterocycles. The van der Waals surface area contributed by atoms with Crippen LogP contribution in [0.5, 0.6) is 5.88 Å². The molecule has 0 aliphatic carbocycles. The Labute approximate surface area is 124 Å². The number of aryl methyl sites for hydroxylation is 1. The van der Waals surface area contributed by atoms with Crippen LogP contribution in [0.3, 0.4) is 0 Å². The zero-order chi connectivity index (χ0) is 15.0. The third-order valence-corrected chi connectivity index (χ3v) is 3.06. The maximum atomic E-state index is 5.77. The highest BCUT2D eigenvalue weighted by molar-refractivity contribution is 5.24. The van der Waals surface area contributed by atoms with Crippen molar-refractivity contribution in [2.24, 2.45) is 0 Å². The predicted molar refractivity (Wildman–Crippen MR) is 85.2 cm³/mol. The van der Waals surface area contributed by atoms with Gasteiger partial charge in [-0.1, -0.05) is 26.2 Å². The normalized spacial score (nSPS) is 11.7. The third-order valence-electron chi connectivity index (χ3n) is 3.06. The molecular weight excluding hydrogens is 248 g/mol. The molecule has 3 heteroatoms. The Hall–Kier alpha value is -1.09. The third kappa shape index (κ3) is 7.49.